The minimum absolute atomic E-state index is 0.491. The van der Waals surface area contributed by atoms with E-state index in [2.05, 4.69) is 20.3 Å². The van der Waals surface area contributed by atoms with Crippen molar-refractivity contribution in [3.05, 3.63) is 41.5 Å². The SMILES string of the molecule is Cc1c(NN)nc(C2CC2)nc1N(C)Cc1ccncc1. The van der Waals surface area contributed by atoms with Crippen LogP contribution in [0.1, 0.15) is 35.7 Å². The molecule has 1 fully saturated rings. The number of nitrogens with zero attached hydrogens (tertiary/aromatic N) is 4. The lowest BCUT2D eigenvalue weighted by molar-refractivity contribution is 0.844. The third kappa shape index (κ3) is 2.95. The summed E-state index contributed by atoms with van der Waals surface area (Å²) in [5.74, 6) is 8.62. The summed E-state index contributed by atoms with van der Waals surface area (Å²) in [6, 6.07) is 4.02. The Morgan fingerprint density at radius 3 is 2.62 bits per heavy atom. The van der Waals surface area contributed by atoms with E-state index in [1.807, 2.05) is 26.1 Å². The van der Waals surface area contributed by atoms with Crippen molar-refractivity contribution in [3.8, 4) is 0 Å². The molecule has 2 heterocycles. The van der Waals surface area contributed by atoms with Gasteiger partial charge in [-0.2, -0.15) is 0 Å². The number of anilines is 2. The predicted octanol–water partition coefficient (Wildman–Crippen LogP) is 1.98. The zero-order chi connectivity index (χ0) is 14.8. The average Bonchev–Trinajstić information content (AvgIpc) is 3.33. The Kier molecular flexibility index (Phi) is 3.70. The van der Waals surface area contributed by atoms with Crippen LogP contribution in [0, 0.1) is 6.92 Å². The first-order valence-corrected chi connectivity index (χ1v) is 7.14. The van der Waals surface area contributed by atoms with Crippen LogP contribution in [0.5, 0.6) is 0 Å². The molecule has 0 saturated heterocycles. The smallest absolute Gasteiger partial charge is 0.148 e. The van der Waals surface area contributed by atoms with E-state index in [-0.39, 0.29) is 0 Å². The zero-order valence-electron chi connectivity index (χ0n) is 12.4. The molecular formula is C15H20N6. The van der Waals surface area contributed by atoms with Crippen molar-refractivity contribution >= 4 is 11.6 Å². The van der Waals surface area contributed by atoms with Gasteiger partial charge in [-0.15, -0.1) is 0 Å². The van der Waals surface area contributed by atoms with Crippen molar-refractivity contribution in [2.45, 2.75) is 32.2 Å². The summed E-state index contributed by atoms with van der Waals surface area (Å²) in [6.07, 6.45) is 5.94. The number of rotatable bonds is 5. The van der Waals surface area contributed by atoms with Crippen molar-refractivity contribution < 1.29 is 0 Å². The molecule has 3 rings (SSSR count). The highest BCUT2D eigenvalue weighted by Crippen LogP contribution is 2.39. The fraction of sp³-hybridized carbons (Fsp3) is 0.400. The van der Waals surface area contributed by atoms with Crippen LogP contribution in [0.3, 0.4) is 0 Å². The molecule has 1 saturated carbocycles. The lowest BCUT2D eigenvalue weighted by Crippen LogP contribution is -2.22. The first-order chi connectivity index (χ1) is 10.2. The maximum absolute atomic E-state index is 5.59. The Hall–Kier alpha value is -2.21. The monoisotopic (exact) mass is 284 g/mol. The summed E-state index contributed by atoms with van der Waals surface area (Å²) in [6.45, 7) is 2.76. The highest BCUT2D eigenvalue weighted by molar-refractivity contribution is 5.58. The summed E-state index contributed by atoms with van der Waals surface area (Å²) >= 11 is 0. The molecule has 21 heavy (non-hydrogen) atoms. The number of hydrogen-bond acceptors (Lipinski definition) is 6. The van der Waals surface area contributed by atoms with Crippen LogP contribution >= 0.6 is 0 Å². The second-order valence-electron chi connectivity index (χ2n) is 5.51. The quantitative estimate of drug-likeness (QED) is 0.645. The van der Waals surface area contributed by atoms with Crippen molar-refractivity contribution in [2.24, 2.45) is 5.84 Å². The molecule has 0 aromatic carbocycles. The molecule has 0 amide bonds. The summed E-state index contributed by atoms with van der Waals surface area (Å²) in [7, 11) is 2.03. The Labute approximate surface area is 124 Å². The molecule has 2 aromatic rings. The summed E-state index contributed by atoms with van der Waals surface area (Å²) in [4.78, 5) is 15.4. The lowest BCUT2D eigenvalue weighted by Gasteiger charge is -2.22. The maximum Gasteiger partial charge on any atom is 0.148 e. The Bertz CT molecular complexity index is 624. The highest BCUT2D eigenvalue weighted by atomic mass is 15.3. The zero-order valence-corrected chi connectivity index (χ0v) is 12.4. The molecule has 2 aromatic heterocycles. The minimum atomic E-state index is 0.491. The molecule has 6 nitrogen and oxygen atoms in total. The summed E-state index contributed by atoms with van der Waals surface area (Å²) in [5, 5.41) is 0. The second-order valence-corrected chi connectivity index (χ2v) is 5.51. The Morgan fingerprint density at radius 2 is 2.00 bits per heavy atom. The summed E-state index contributed by atoms with van der Waals surface area (Å²) in [5.41, 5.74) is 4.86. The topological polar surface area (TPSA) is 80.0 Å². The largest absolute Gasteiger partial charge is 0.355 e. The van der Waals surface area contributed by atoms with E-state index in [0.717, 1.165) is 23.8 Å². The van der Waals surface area contributed by atoms with Crippen molar-refractivity contribution in [1.29, 1.82) is 0 Å². The molecule has 0 unspecified atom stereocenters. The predicted molar refractivity (Wildman–Crippen MR) is 82.9 cm³/mol. The van der Waals surface area contributed by atoms with Crippen molar-refractivity contribution in [2.75, 3.05) is 17.4 Å². The molecule has 0 aliphatic heterocycles. The van der Waals surface area contributed by atoms with Crippen molar-refractivity contribution in [1.82, 2.24) is 15.0 Å². The van der Waals surface area contributed by atoms with Gasteiger partial charge in [-0.3, -0.25) is 4.98 Å². The van der Waals surface area contributed by atoms with Crippen LogP contribution in [-0.2, 0) is 6.54 Å². The number of hydrazine groups is 1. The van der Waals surface area contributed by atoms with Gasteiger partial charge in [-0.25, -0.2) is 15.8 Å². The van der Waals surface area contributed by atoms with E-state index in [9.17, 15) is 0 Å². The van der Waals surface area contributed by atoms with Gasteiger partial charge in [0.15, 0.2) is 0 Å². The molecule has 1 aliphatic carbocycles. The fourth-order valence-electron chi connectivity index (χ4n) is 2.39. The van der Waals surface area contributed by atoms with Crippen molar-refractivity contribution in [3.63, 3.8) is 0 Å². The Morgan fingerprint density at radius 1 is 1.29 bits per heavy atom. The summed E-state index contributed by atoms with van der Waals surface area (Å²) < 4.78 is 0. The van der Waals surface area contributed by atoms with Gasteiger partial charge in [0, 0.05) is 37.5 Å². The third-order valence-corrected chi connectivity index (χ3v) is 3.75. The van der Waals surface area contributed by atoms with Crippen LogP contribution < -0.4 is 16.2 Å². The van der Waals surface area contributed by atoms with Gasteiger partial charge in [0.1, 0.15) is 17.5 Å². The van der Waals surface area contributed by atoms with E-state index in [1.165, 1.54) is 18.4 Å². The number of nitrogens with one attached hydrogen (secondary N) is 1. The van der Waals surface area contributed by atoms with E-state index in [0.29, 0.717) is 11.7 Å². The number of nitrogens with two attached hydrogens (primary N) is 1. The van der Waals surface area contributed by atoms with Gasteiger partial charge in [0.25, 0.3) is 0 Å². The molecular weight excluding hydrogens is 264 g/mol. The first-order valence-electron chi connectivity index (χ1n) is 7.14. The molecule has 0 spiro atoms. The minimum Gasteiger partial charge on any atom is -0.355 e. The van der Waals surface area contributed by atoms with Crippen LogP contribution in [-0.4, -0.2) is 22.0 Å². The van der Waals surface area contributed by atoms with Gasteiger partial charge < -0.3 is 10.3 Å². The molecule has 110 valence electrons. The van der Waals surface area contributed by atoms with Gasteiger partial charge in [0.05, 0.1) is 0 Å². The van der Waals surface area contributed by atoms with E-state index in [1.54, 1.807) is 12.4 Å². The van der Waals surface area contributed by atoms with Gasteiger partial charge >= 0.3 is 0 Å². The molecule has 1 aliphatic rings. The molecule has 0 bridgehead atoms. The maximum atomic E-state index is 5.59. The standard InChI is InChI=1S/C15H20N6/c1-10-13(20-16)18-14(12-3-4-12)19-15(10)21(2)9-11-5-7-17-8-6-11/h5-8,12H,3-4,9,16H2,1-2H3,(H,18,19,20). The van der Waals surface area contributed by atoms with Crippen LogP contribution in [0.4, 0.5) is 11.6 Å². The molecule has 0 atom stereocenters. The van der Waals surface area contributed by atoms with Crippen LogP contribution in [0.15, 0.2) is 24.5 Å². The lowest BCUT2D eigenvalue weighted by atomic mass is 10.2. The number of nitrogen functional groups attached to an aromatic ring is 1. The molecule has 3 N–H and O–H groups in total. The van der Waals surface area contributed by atoms with Crippen LogP contribution in [0.25, 0.3) is 0 Å². The van der Waals surface area contributed by atoms with Gasteiger partial charge in [0.2, 0.25) is 0 Å². The van der Waals surface area contributed by atoms with E-state index >= 15 is 0 Å². The van der Waals surface area contributed by atoms with E-state index < -0.39 is 0 Å². The van der Waals surface area contributed by atoms with Gasteiger partial charge in [-0.1, -0.05) is 0 Å². The first kappa shape index (κ1) is 13.8. The second kappa shape index (κ2) is 5.65. The van der Waals surface area contributed by atoms with E-state index in [4.69, 9.17) is 10.8 Å². The van der Waals surface area contributed by atoms with Crippen LogP contribution in [0.2, 0.25) is 0 Å². The number of pyridine rings is 1. The highest BCUT2D eigenvalue weighted by Gasteiger charge is 2.28. The average molecular weight is 284 g/mol. The molecule has 0 radical (unpaired) electrons. The molecule has 6 heteroatoms. The fourth-order valence-corrected chi connectivity index (χ4v) is 2.39. The normalized spacial score (nSPS) is 14.0. The number of hydrogen-bond donors (Lipinski definition) is 2. The third-order valence-electron chi connectivity index (χ3n) is 3.75. The van der Waals surface area contributed by atoms with Gasteiger partial charge in [-0.05, 0) is 37.5 Å². The number of aromatic nitrogens is 3. The Balaban J connectivity index is 1.90.